The van der Waals surface area contributed by atoms with E-state index in [0.29, 0.717) is 17.5 Å². The van der Waals surface area contributed by atoms with Crippen molar-refractivity contribution in [2.45, 2.75) is 37.7 Å². The number of rotatable bonds is 6. The number of nitrogens with one attached hydrogen (secondary N) is 1. The summed E-state index contributed by atoms with van der Waals surface area (Å²) in [4.78, 5) is 25.3. The molecule has 186 valence electrons. The molecule has 3 rings (SSSR count). The standard InChI is InChI=1S/C20H18F8N4O2/c1-31(12-5-3-4-10(8-12)9-29-16(33)11-6-7-11)17(34)14-13(19(23,24)25)15(30-32(14)2)18(21,22)20(26,27)28/h3-5,8,11H,6-7,9H2,1-2H3,(H,29,33). The summed E-state index contributed by atoms with van der Waals surface area (Å²) in [5.41, 5.74) is -6.06. The van der Waals surface area contributed by atoms with Gasteiger partial charge in [-0.05, 0) is 30.5 Å². The van der Waals surface area contributed by atoms with Crippen LogP contribution in [0.5, 0.6) is 0 Å². The summed E-state index contributed by atoms with van der Waals surface area (Å²) in [5, 5.41) is 5.40. The van der Waals surface area contributed by atoms with E-state index in [-0.39, 0.29) is 28.7 Å². The number of hydrogen-bond acceptors (Lipinski definition) is 3. The maximum atomic E-state index is 13.8. The minimum Gasteiger partial charge on any atom is -0.352 e. The van der Waals surface area contributed by atoms with Crippen molar-refractivity contribution in [2.75, 3.05) is 11.9 Å². The van der Waals surface area contributed by atoms with Gasteiger partial charge >= 0.3 is 18.3 Å². The topological polar surface area (TPSA) is 67.2 Å². The van der Waals surface area contributed by atoms with Gasteiger partial charge in [-0.1, -0.05) is 12.1 Å². The largest absolute Gasteiger partial charge is 0.459 e. The fraction of sp³-hybridized carbons (Fsp3) is 0.450. The third-order valence-electron chi connectivity index (χ3n) is 5.20. The zero-order valence-corrected chi connectivity index (χ0v) is 17.7. The number of benzene rings is 1. The highest BCUT2D eigenvalue weighted by Gasteiger charge is 2.64. The molecule has 6 nitrogen and oxygen atoms in total. The minimum absolute atomic E-state index is 0.0154. The first kappa shape index (κ1) is 25.4. The third-order valence-corrected chi connectivity index (χ3v) is 5.20. The molecule has 0 radical (unpaired) electrons. The predicted molar refractivity (Wildman–Crippen MR) is 102 cm³/mol. The van der Waals surface area contributed by atoms with Gasteiger partial charge in [0, 0.05) is 32.2 Å². The number of hydrogen-bond donors (Lipinski definition) is 1. The van der Waals surface area contributed by atoms with Crippen molar-refractivity contribution in [1.29, 1.82) is 0 Å². The van der Waals surface area contributed by atoms with Crippen LogP contribution in [0.2, 0.25) is 0 Å². The van der Waals surface area contributed by atoms with E-state index in [0.717, 1.165) is 19.9 Å². The van der Waals surface area contributed by atoms with Crippen molar-refractivity contribution >= 4 is 17.5 Å². The molecular weight excluding hydrogens is 480 g/mol. The normalized spacial score (nSPS) is 14.8. The van der Waals surface area contributed by atoms with Gasteiger partial charge in [0.25, 0.3) is 5.91 Å². The highest BCUT2D eigenvalue weighted by Crippen LogP contribution is 2.48. The molecule has 1 aliphatic carbocycles. The Kier molecular flexibility index (Phi) is 6.39. The van der Waals surface area contributed by atoms with Gasteiger partial charge in [-0.25, -0.2) is 0 Å². The quantitative estimate of drug-likeness (QED) is 0.601. The molecule has 1 fully saturated rings. The van der Waals surface area contributed by atoms with E-state index < -0.39 is 41.1 Å². The summed E-state index contributed by atoms with van der Waals surface area (Å²) < 4.78 is 107. The monoisotopic (exact) mass is 498 g/mol. The molecule has 1 heterocycles. The van der Waals surface area contributed by atoms with Crippen LogP contribution >= 0.6 is 0 Å². The van der Waals surface area contributed by atoms with E-state index >= 15 is 0 Å². The molecule has 1 aromatic heterocycles. The lowest BCUT2D eigenvalue weighted by molar-refractivity contribution is -0.292. The van der Waals surface area contributed by atoms with Crippen molar-refractivity contribution in [3.8, 4) is 0 Å². The van der Waals surface area contributed by atoms with Gasteiger partial charge in [0.05, 0.1) is 0 Å². The Morgan fingerprint density at radius 3 is 2.26 bits per heavy atom. The lowest BCUT2D eigenvalue weighted by Crippen LogP contribution is -2.36. The summed E-state index contributed by atoms with van der Waals surface area (Å²) in [6.45, 7) is 0.0622. The number of aromatic nitrogens is 2. The molecule has 14 heteroatoms. The fourth-order valence-electron chi connectivity index (χ4n) is 3.22. The van der Waals surface area contributed by atoms with Crippen LogP contribution in [0.25, 0.3) is 0 Å². The Labute approximate surface area is 187 Å². The zero-order chi connectivity index (χ0) is 25.6. The number of anilines is 1. The Hall–Kier alpha value is -3.19. The lowest BCUT2D eigenvalue weighted by atomic mass is 10.1. The average Bonchev–Trinajstić information content (AvgIpc) is 3.51. The van der Waals surface area contributed by atoms with Crippen molar-refractivity contribution < 1.29 is 44.7 Å². The Balaban J connectivity index is 1.96. The number of alkyl halides is 8. The van der Waals surface area contributed by atoms with Crippen molar-refractivity contribution in [1.82, 2.24) is 15.1 Å². The number of aryl methyl sites for hydroxylation is 1. The molecule has 1 aliphatic rings. The second-order valence-electron chi connectivity index (χ2n) is 7.79. The molecule has 1 aromatic carbocycles. The summed E-state index contributed by atoms with van der Waals surface area (Å²) in [6.07, 6.45) is -10.6. The summed E-state index contributed by atoms with van der Waals surface area (Å²) in [7, 11) is 1.69. The van der Waals surface area contributed by atoms with Crippen LogP contribution in [0.15, 0.2) is 24.3 Å². The van der Waals surface area contributed by atoms with Gasteiger partial charge in [-0.15, -0.1) is 0 Å². The summed E-state index contributed by atoms with van der Waals surface area (Å²) >= 11 is 0. The molecule has 1 saturated carbocycles. The number of carbonyl (C=O) groups excluding carboxylic acids is 2. The molecule has 34 heavy (non-hydrogen) atoms. The highest BCUT2D eigenvalue weighted by molar-refractivity contribution is 6.06. The van der Waals surface area contributed by atoms with Crippen molar-refractivity contribution in [2.24, 2.45) is 13.0 Å². The third kappa shape index (κ3) is 4.85. The predicted octanol–water partition coefficient (Wildman–Crippen LogP) is 4.40. The smallest absolute Gasteiger partial charge is 0.352 e. The minimum atomic E-state index is -6.37. The summed E-state index contributed by atoms with van der Waals surface area (Å²) in [6, 6.07) is 5.69. The van der Waals surface area contributed by atoms with Gasteiger partial charge in [0.2, 0.25) is 5.91 Å². The fourth-order valence-corrected chi connectivity index (χ4v) is 3.22. The highest BCUT2D eigenvalue weighted by atomic mass is 19.4. The van der Waals surface area contributed by atoms with E-state index in [2.05, 4.69) is 10.4 Å². The van der Waals surface area contributed by atoms with Crippen LogP contribution in [0.1, 0.15) is 40.2 Å². The molecule has 2 amide bonds. The van der Waals surface area contributed by atoms with E-state index in [1.165, 1.54) is 18.2 Å². The van der Waals surface area contributed by atoms with Crippen molar-refractivity contribution in [3.05, 3.63) is 46.8 Å². The van der Waals surface area contributed by atoms with Crippen LogP contribution in [0, 0.1) is 5.92 Å². The van der Waals surface area contributed by atoms with E-state index in [9.17, 15) is 44.7 Å². The maximum absolute atomic E-state index is 13.8. The van der Waals surface area contributed by atoms with Crippen LogP contribution < -0.4 is 10.2 Å². The van der Waals surface area contributed by atoms with Crippen LogP contribution in [-0.4, -0.2) is 34.8 Å². The molecule has 0 aliphatic heterocycles. The van der Waals surface area contributed by atoms with E-state index in [1.807, 2.05) is 0 Å². The van der Waals surface area contributed by atoms with Crippen molar-refractivity contribution in [3.63, 3.8) is 0 Å². The Morgan fingerprint density at radius 1 is 1.12 bits per heavy atom. The van der Waals surface area contributed by atoms with E-state index in [4.69, 9.17) is 0 Å². The molecule has 0 bridgehead atoms. The number of nitrogens with zero attached hydrogens (tertiary/aromatic N) is 3. The van der Waals surface area contributed by atoms with Crippen LogP contribution in [0.3, 0.4) is 0 Å². The first-order valence-corrected chi connectivity index (χ1v) is 9.79. The molecular formula is C20H18F8N4O2. The van der Waals surface area contributed by atoms with Gasteiger partial charge in [-0.3, -0.25) is 14.3 Å². The molecule has 0 atom stereocenters. The lowest BCUT2D eigenvalue weighted by Gasteiger charge is -2.21. The second kappa shape index (κ2) is 8.55. The Bertz CT molecular complexity index is 1100. The first-order chi connectivity index (χ1) is 15.6. The van der Waals surface area contributed by atoms with Gasteiger partial charge in [-0.2, -0.15) is 40.2 Å². The zero-order valence-electron chi connectivity index (χ0n) is 17.7. The molecule has 1 N–H and O–H groups in total. The molecule has 0 spiro atoms. The van der Waals surface area contributed by atoms with Crippen LogP contribution in [-0.2, 0) is 30.5 Å². The average molecular weight is 498 g/mol. The van der Waals surface area contributed by atoms with Crippen LogP contribution in [0.4, 0.5) is 40.8 Å². The second-order valence-corrected chi connectivity index (χ2v) is 7.79. The maximum Gasteiger partial charge on any atom is 0.459 e. The van der Waals surface area contributed by atoms with E-state index in [1.54, 1.807) is 6.07 Å². The van der Waals surface area contributed by atoms with Gasteiger partial charge in [0.15, 0.2) is 5.69 Å². The van der Waals surface area contributed by atoms with Gasteiger partial charge in [0.1, 0.15) is 11.3 Å². The van der Waals surface area contributed by atoms with Gasteiger partial charge < -0.3 is 10.2 Å². The molecule has 0 saturated heterocycles. The Morgan fingerprint density at radius 2 is 1.74 bits per heavy atom. The first-order valence-electron chi connectivity index (χ1n) is 9.79. The SMILES string of the molecule is CN(C(=O)c1c(C(F)(F)F)c(C(F)(F)C(F)(F)F)nn1C)c1cccc(CNC(=O)C2CC2)c1. The molecule has 2 aromatic rings. The summed E-state index contributed by atoms with van der Waals surface area (Å²) in [5.74, 6) is -7.70. The number of halogens is 8. The number of amides is 2. The number of carbonyl (C=O) groups is 2. The molecule has 0 unspecified atom stereocenters.